The van der Waals surface area contributed by atoms with Gasteiger partial charge in [0.25, 0.3) is 0 Å². The van der Waals surface area contributed by atoms with Crippen LogP contribution in [0, 0.1) is 12.7 Å². The van der Waals surface area contributed by atoms with Crippen molar-refractivity contribution in [2.45, 2.75) is 19.8 Å². The standard InChI is InChI=1S/C25H22ClFN6O/c1-16-29-23(15-24(30-16)33-22-4-2-3-13-28-22)31-18-7-9-19(10-8-18)32-25(34)12-6-17-5-11-21(27)20(26)14-17/h2-5,7-11,13-15H,6,12H2,1H3,(H,32,34)(H2,28,29,30,31,33). The second-order valence-corrected chi connectivity index (χ2v) is 7.93. The van der Waals surface area contributed by atoms with E-state index in [1.54, 1.807) is 30.5 Å². The van der Waals surface area contributed by atoms with E-state index >= 15 is 0 Å². The number of amides is 1. The van der Waals surface area contributed by atoms with Gasteiger partial charge in [-0.3, -0.25) is 4.79 Å². The molecule has 0 saturated carbocycles. The summed E-state index contributed by atoms with van der Waals surface area (Å²) in [6.45, 7) is 1.81. The van der Waals surface area contributed by atoms with E-state index in [2.05, 4.69) is 30.9 Å². The summed E-state index contributed by atoms with van der Waals surface area (Å²) >= 11 is 5.79. The summed E-state index contributed by atoms with van der Waals surface area (Å²) < 4.78 is 13.3. The number of anilines is 5. The van der Waals surface area contributed by atoms with E-state index in [0.29, 0.717) is 35.4 Å². The molecule has 0 aliphatic rings. The highest BCUT2D eigenvalue weighted by molar-refractivity contribution is 6.30. The molecule has 34 heavy (non-hydrogen) atoms. The summed E-state index contributed by atoms with van der Waals surface area (Å²) in [6, 6.07) is 19.1. The second kappa shape index (κ2) is 10.7. The van der Waals surface area contributed by atoms with Gasteiger partial charge in [0.2, 0.25) is 5.91 Å². The van der Waals surface area contributed by atoms with Crippen molar-refractivity contribution < 1.29 is 9.18 Å². The number of nitrogens with one attached hydrogen (secondary N) is 3. The lowest BCUT2D eigenvalue weighted by Gasteiger charge is -2.11. The quantitative estimate of drug-likeness (QED) is 0.287. The van der Waals surface area contributed by atoms with Crippen LogP contribution in [-0.4, -0.2) is 20.9 Å². The normalized spacial score (nSPS) is 10.6. The van der Waals surface area contributed by atoms with E-state index in [1.165, 1.54) is 12.1 Å². The Labute approximate surface area is 201 Å². The van der Waals surface area contributed by atoms with Crippen LogP contribution in [-0.2, 0) is 11.2 Å². The van der Waals surface area contributed by atoms with Gasteiger partial charge in [-0.2, -0.15) is 0 Å². The number of carbonyl (C=O) groups is 1. The van der Waals surface area contributed by atoms with Crippen molar-refractivity contribution in [1.29, 1.82) is 0 Å². The molecule has 2 heterocycles. The van der Waals surface area contributed by atoms with Gasteiger partial charge in [0.05, 0.1) is 5.02 Å². The summed E-state index contributed by atoms with van der Waals surface area (Å²) in [7, 11) is 0. The maximum atomic E-state index is 13.3. The number of pyridine rings is 1. The third-order valence-corrected chi connectivity index (χ3v) is 5.11. The first-order chi connectivity index (χ1) is 16.4. The fourth-order valence-electron chi connectivity index (χ4n) is 3.22. The lowest BCUT2D eigenvalue weighted by Crippen LogP contribution is -2.12. The third-order valence-electron chi connectivity index (χ3n) is 4.82. The van der Waals surface area contributed by atoms with Crippen molar-refractivity contribution in [3.63, 3.8) is 0 Å². The second-order valence-electron chi connectivity index (χ2n) is 7.52. The summed E-state index contributed by atoms with van der Waals surface area (Å²) in [5.74, 6) is 1.93. The number of nitrogens with zero attached hydrogens (tertiary/aromatic N) is 3. The molecule has 1 amide bonds. The average molecular weight is 477 g/mol. The van der Waals surface area contributed by atoms with Crippen molar-refractivity contribution in [2.24, 2.45) is 0 Å². The SMILES string of the molecule is Cc1nc(Nc2ccc(NC(=O)CCc3ccc(F)c(Cl)c3)cc2)cc(Nc2ccccn2)n1. The first-order valence-electron chi connectivity index (χ1n) is 10.6. The van der Waals surface area contributed by atoms with E-state index < -0.39 is 5.82 Å². The summed E-state index contributed by atoms with van der Waals surface area (Å²) in [5, 5.41) is 9.31. The first kappa shape index (κ1) is 23.1. The number of halogens is 2. The Morgan fingerprint density at radius 3 is 2.35 bits per heavy atom. The fourth-order valence-corrected chi connectivity index (χ4v) is 3.43. The molecule has 0 aliphatic heterocycles. The Morgan fingerprint density at radius 2 is 1.65 bits per heavy atom. The zero-order valence-electron chi connectivity index (χ0n) is 18.3. The molecule has 0 fully saturated rings. The molecule has 0 radical (unpaired) electrons. The maximum absolute atomic E-state index is 13.3. The fraction of sp³-hybridized carbons (Fsp3) is 0.120. The molecule has 4 aromatic rings. The largest absolute Gasteiger partial charge is 0.340 e. The highest BCUT2D eigenvalue weighted by Crippen LogP contribution is 2.22. The van der Waals surface area contributed by atoms with Gasteiger partial charge in [-0.05, 0) is 67.4 Å². The Kier molecular flexibility index (Phi) is 7.29. The van der Waals surface area contributed by atoms with Gasteiger partial charge in [-0.1, -0.05) is 23.7 Å². The third kappa shape index (κ3) is 6.49. The van der Waals surface area contributed by atoms with Crippen molar-refractivity contribution in [3.8, 4) is 0 Å². The van der Waals surface area contributed by atoms with Gasteiger partial charge in [-0.15, -0.1) is 0 Å². The van der Waals surface area contributed by atoms with Crippen LogP contribution < -0.4 is 16.0 Å². The minimum atomic E-state index is -0.471. The highest BCUT2D eigenvalue weighted by atomic mass is 35.5. The molecule has 172 valence electrons. The van der Waals surface area contributed by atoms with E-state index in [4.69, 9.17) is 11.6 Å². The monoisotopic (exact) mass is 476 g/mol. The van der Waals surface area contributed by atoms with Gasteiger partial charge in [0.1, 0.15) is 29.1 Å². The van der Waals surface area contributed by atoms with E-state index in [-0.39, 0.29) is 17.4 Å². The first-order valence-corrected chi connectivity index (χ1v) is 11.0. The van der Waals surface area contributed by atoms with E-state index in [1.807, 2.05) is 37.3 Å². The van der Waals surface area contributed by atoms with Crippen LogP contribution in [0.4, 0.5) is 33.2 Å². The molecule has 0 bridgehead atoms. The molecule has 7 nitrogen and oxygen atoms in total. The van der Waals surface area contributed by atoms with Gasteiger partial charge in [0.15, 0.2) is 0 Å². The molecule has 0 unspecified atom stereocenters. The molecular formula is C25H22ClFN6O. The maximum Gasteiger partial charge on any atom is 0.224 e. The van der Waals surface area contributed by atoms with E-state index in [0.717, 1.165) is 11.3 Å². The van der Waals surface area contributed by atoms with Crippen LogP contribution in [0.3, 0.4) is 0 Å². The van der Waals surface area contributed by atoms with Crippen LogP contribution >= 0.6 is 11.6 Å². The van der Waals surface area contributed by atoms with Crippen molar-refractivity contribution in [1.82, 2.24) is 15.0 Å². The Bertz CT molecular complexity index is 1280. The Morgan fingerprint density at radius 1 is 0.912 bits per heavy atom. The van der Waals surface area contributed by atoms with Crippen LogP contribution in [0.5, 0.6) is 0 Å². The molecule has 0 atom stereocenters. The number of rotatable bonds is 8. The molecule has 0 aliphatic carbocycles. The molecule has 9 heteroatoms. The zero-order valence-corrected chi connectivity index (χ0v) is 19.1. The molecule has 2 aromatic heterocycles. The van der Waals surface area contributed by atoms with Crippen LogP contribution in [0.1, 0.15) is 17.8 Å². The van der Waals surface area contributed by atoms with Crippen LogP contribution in [0.15, 0.2) is 72.9 Å². The molecule has 0 saturated heterocycles. The summed E-state index contributed by atoms with van der Waals surface area (Å²) in [6.07, 6.45) is 2.43. The number of carbonyl (C=O) groups excluding carboxylic acids is 1. The predicted octanol–water partition coefficient (Wildman–Crippen LogP) is 6.03. The average Bonchev–Trinajstić information content (AvgIpc) is 2.81. The van der Waals surface area contributed by atoms with Crippen molar-refractivity contribution in [3.05, 3.63) is 95.2 Å². The lowest BCUT2D eigenvalue weighted by atomic mass is 10.1. The topological polar surface area (TPSA) is 91.8 Å². The van der Waals surface area contributed by atoms with Gasteiger partial charge >= 0.3 is 0 Å². The smallest absolute Gasteiger partial charge is 0.224 e. The van der Waals surface area contributed by atoms with Crippen LogP contribution in [0.2, 0.25) is 5.02 Å². The molecule has 0 spiro atoms. The number of aryl methyl sites for hydroxylation is 2. The van der Waals surface area contributed by atoms with Gasteiger partial charge < -0.3 is 16.0 Å². The zero-order chi connectivity index (χ0) is 23.9. The number of aromatic nitrogens is 3. The minimum Gasteiger partial charge on any atom is -0.340 e. The molecular weight excluding hydrogens is 455 g/mol. The van der Waals surface area contributed by atoms with Crippen molar-refractivity contribution in [2.75, 3.05) is 16.0 Å². The molecule has 2 aromatic carbocycles. The molecule has 3 N–H and O–H groups in total. The summed E-state index contributed by atoms with van der Waals surface area (Å²) in [4.78, 5) is 25.3. The van der Waals surface area contributed by atoms with Crippen molar-refractivity contribution >= 4 is 46.3 Å². The lowest BCUT2D eigenvalue weighted by molar-refractivity contribution is -0.116. The number of hydrogen-bond acceptors (Lipinski definition) is 6. The van der Waals surface area contributed by atoms with E-state index in [9.17, 15) is 9.18 Å². The number of benzene rings is 2. The predicted molar refractivity (Wildman–Crippen MR) is 132 cm³/mol. The summed E-state index contributed by atoms with van der Waals surface area (Å²) in [5.41, 5.74) is 2.28. The Balaban J connectivity index is 1.33. The molecule has 4 rings (SSSR count). The van der Waals surface area contributed by atoms with Gasteiger partial charge in [0, 0.05) is 30.1 Å². The highest BCUT2D eigenvalue weighted by Gasteiger charge is 2.07. The minimum absolute atomic E-state index is 0.0551. The Hall–Kier alpha value is -4.04. The van der Waals surface area contributed by atoms with Gasteiger partial charge in [-0.25, -0.2) is 19.3 Å². The number of hydrogen-bond donors (Lipinski definition) is 3. The van der Waals surface area contributed by atoms with Crippen LogP contribution in [0.25, 0.3) is 0 Å².